The number of para-hydroxylation sites is 1. The average molecular weight is 440 g/mol. The number of nitrogens with one attached hydrogen (secondary N) is 1. The maximum atomic E-state index is 13.7. The summed E-state index contributed by atoms with van der Waals surface area (Å²) >= 11 is 6.00. The summed E-state index contributed by atoms with van der Waals surface area (Å²) in [5, 5.41) is 4.19. The van der Waals surface area contributed by atoms with Gasteiger partial charge in [-0.2, -0.15) is 0 Å². The molecule has 2 aromatic carbocycles. The Balaban J connectivity index is 1.27. The standard InChI is InChI=1S/C25H30ClN3O2/c26-20-7-5-19(6-8-20)18-28-13-15-29(16-14-28)24(30)22-17-25(9-11-27-12-10-25)31-23-4-2-1-3-21(22)23/h1-8,22,27H,9-18H2. The van der Waals surface area contributed by atoms with Crippen molar-refractivity contribution in [1.82, 2.24) is 15.1 Å². The van der Waals surface area contributed by atoms with Gasteiger partial charge >= 0.3 is 0 Å². The average Bonchev–Trinajstić information content (AvgIpc) is 2.81. The Hall–Kier alpha value is -2.08. The van der Waals surface area contributed by atoms with Crippen LogP contribution in [0.25, 0.3) is 0 Å². The zero-order chi connectivity index (χ0) is 21.3. The monoisotopic (exact) mass is 439 g/mol. The minimum atomic E-state index is -0.212. The molecule has 0 saturated carbocycles. The van der Waals surface area contributed by atoms with Gasteiger partial charge < -0.3 is 15.0 Å². The Bertz CT molecular complexity index is 919. The number of piperazine rings is 1. The van der Waals surface area contributed by atoms with Crippen molar-refractivity contribution in [2.24, 2.45) is 0 Å². The molecule has 0 bridgehead atoms. The molecule has 1 unspecified atom stereocenters. The third-order valence-electron chi connectivity index (χ3n) is 7.01. The predicted molar refractivity (Wildman–Crippen MR) is 123 cm³/mol. The molecule has 3 aliphatic heterocycles. The van der Waals surface area contributed by atoms with Crippen molar-refractivity contribution in [2.75, 3.05) is 39.3 Å². The highest BCUT2D eigenvalue weighted by Gasteiger charge is 2.45. The van der Waals surface area contributed by atoms with Crippen LogP contribution >= 0.6 is 11.6 Å². The van der Waals surface area contributed by atoms with E-state index in [4.69, 9.17) is 16.3 Å². The van der Waals surface area contributed by atoms with Gasteiger partial charge in [0.2, 0.25) is 5.91 Å². The lowest BCUT2D eigenvalue weighted by Crippen LogP contribution is -2.53. The molecule has 0 aromatic heterocycles. The van der Waals surface area contributed by atoms with Crippen LogP contribution in [0.4, 0.5) is 0 Å². The zero-order valence-electron chi connectivity index (χ0n) is 17.9. The third kappa shape index (κ3) is 4.45. The minimum Gasteiger partial charge on any atom is -0.487 e. The van der Waals surface area contributed by atoms with Gasteiger partial charge in [-0.05, 0) is 49.7 Å². The number of piperidine rings is 1. The van der Waals surface area contributed by atoms with Gasteiger partial charge in [-0.1, -0.05) is 41.9 Å². The largest absolute Gasteiger partial charge is 0.487 e. The van der Waals surface area contributed by atoms with Gasteiger partial charge in [0, 0.05) is 49.7 Å². The van der Waals surface area contributed by atoms with Gasteiger partial charge in [0.15, 0.2) is 0 Å². The van der Waals surface area contributed by atoms with Crippen LogP contribution in [-0.4, -0.2) is 60.6 Å². The SMILES string of the molecule is O=C(C1CC2(CCNCC2)Oc2ccccc21)N1CCN(Cc2ccc(Cl)cc2)CC1. The van der Waals surface area contributed by atoms with Crippen molar-refractivity contribution in [2.45, 2.75) is 37.3 Å². The second-order valence-corrected chi connectivity index (χ2v) is 9.49. The van der Waals surface area contributed by atoms with Crippen LogP contribution in [-0.2, 0) is 11.3 Å². The number of hydrogen-bond acceptors (Lipinski definition) is 4. The van der Waals surface area contributed by atoms with Crippen molar-refractivity contribution in [3.05, 3.63) is 64.7 Å². The van der Waals surface area contributed by atoms with E-state index in [2.05, 4.69) is 33.3 Å². The van der Waals surface area contributed by atoms with E-state index in [0.29, 0.717) is 0 Å². The van der Waals surface area contributed by atoms with Crippen LogP contribution in [0.1, 0.15) is 36.3 Å². The molecule has 3 heterocycles. The lowest BCUT2D eigenvalue weighted by atomic mass is 9.77. The Labute approximate surface area is 189 Å². The van der Waals surface area contributed by atoms with E-state index in [1.165, 1.54) is 5.56 Å². The molecule has 3 aliphatic rings. The molecule has 1 amide bonds. The van der Waals surface area contributed by atoms with Crippen molar-refractivity contribution in [3.8, 4) is 5.75 Å². The predicted octanol–water partition coefficient (Wildman–Crippen LogP) is 3.67. The number of fused-ring (bicyclic) bond motifs is 1. The van der Waals surface area contributed by atoms with Crippen LogP contribution in [0.5, 0.6) is 5.75 Å². The normalized spacial score (nSPS) is 23.3. The summed E-state index contributed by atoms with van der Waals surface area (Å²) in [7, 11) is 0. The van der Waals surface area contributed by atoms with Crippen molar-refractivity contribution in [1.29, 1.82) is 0 Å². The molecular formula is C25H30ClN3O2. The molecule has 2 aromatic rings. The van der Waals surface area contributed by atoms with E-state index in [-0.39, 0.29) is 17.4 Å². The Kier molecular flexibility index (Phi) is 5.91. The first-order chi connectivity index (χ1) is 15.1. The summed E-state index contributed by atoms with van der Waals surface area (Å²) in [5.41, 5.74) is 2.10. The Morgan fingerprint density at radius 2 is 1.74 bits per heavy atom. The highest BCUT2D eigenvalue weighted by Crippen LogP contribution is 2.45. The molecular weight excluding hydrogens is 410 g/mol. The number of carbonyl (C=O) groups is 1. The molecule has 0 aliphatic carbocycles. The zero-order valence-corrected chi connectivity index (χ0v) is 18.6. The maximum absolute atomic E-state index is 13.7. The van der Waals surface area contributed by atoms with E-state index in [9.17, 15) is 4.79 Å². The fourth-order valence-corrected chi connectivity index (χ4v) is 5.35. The fraction of sp³-hybridized carbons (Fsp3) is 0.480. The quantitative estimate of drug-likeness (QED) is 0.792. The van der Waals surface area contributed by atoms with Gasteiger partial charge in [0.1, 0.15) is 11.4 Å². The number of ether oxygens (including phenoxy) is 1. The molecule has 5 nitrogen and oxygen atoms in total. The van der Waals surface area contributed by atoms with Crippen molar-refractivity contribution >= 4 is 17.5 Å². The van der Waals surface area contributed by atoms with Crippen LogP contribution in [0.3, 0.4) is 0 Å². The van der Waals surface area contributed by atoms with E-state index in [1.807, 2.05) is 30.3 Å². The number of benzene rings is 2. The summed E-state index contributed by atoms with van der Waals surface area (Å²) in [6.07, 6.45) is 2.70. The van der Waals surface area contributed by atoms with Gasteiger partial charge in [-0.3, -0.25) is 9.69 Å². The number of amides is 1. The van der Waals surface area contributed by atoms with Crippen LogP contribution in [0.2, 0.25) is 5.02 Å². The lowest BCUT2D eigenvalue weighted by molar-refractivity contribution is -0.137. The van der Waals surface area contributed by atoms with Crippen molar-refractivity contribution < 1.29 is 9.53 Å². The molecule has 0 radical (unpaired) electrons. The molecule has 1 spiro atoms. The Morgan fingerprint density at radius 1 is 1.03 bits per heavy atom. The lowest BCUT2D eigenvalue weighted by Gasteiger charge is -2.45. The molecule has 31 heavy (non-hydrogen) atoms. The first-order valence-corrected chi connectivity index (χ1v) is 11.7. The number of hydrogen-bond donors (Lipinski definition) is 1. The summed E-state index contributed by atoms with van der Waals surface area (Å²) in [5.74, 6) is 1.06. The van der Waals surface area contributed by atoms with Crippen LogP contribution in [0.15, 0.2) is 48.5 Å². The van der Waals surface area contributed by atoms with E-state index in [0.717, 1.165) is 81.4 Å². The van der Waals surface area contributed by atoms with E-state index in [1.54, 1.807) is 0 Å². The molecule has 6 heteroatoms. The molecule has 2 fully saturated rings. The van der Waals surface area contributed by atoms with Crippen LogP contribution in [0, 0.1) is 0 Å². The van der Waals surface area contributed by atoms with Gasteiger partial charge in [-0.25, -0.2) is 0 Å². The fourth-order valence-electron chi connectivity index (χ4n) is 5.22. The number of rotatable bonds is 3. The molecule has 2 saturated heterocycles. The van der Waals surface area contributed by atoms with Gasteiger partial charge in [-0.15, -0.1) is 0 Å². The second-order valence-electron chi connectivity index (χ2n) is 9.06. The number of carbonyl (C=O) groups excluding carboxylic acids is 1. The highest BCUT2D eigenvalue weighted by molar-refractivity contribution is 6.30. The maximum Gasteiger partial charge on any atom is 0.230 e. The van der Waals surface area contributed by atoms with Crippen LogP contribution < -0.4 is 10.1 Å². The summed E-state index contributed by atoms with van der Waals surface area (Å²) < 4.78 is 6.49. The molecule has 1 atom stereocenters. The van der Waals surface area contributed by atoms with E-state index < -0.39 is 0 Å². The second kappa shape index (κ2) is 8.81. The molecule has 5 rings (SSSR count). The van der Waals surface area contributed by atoms with Crippen molar-refractivity contribution in [3.63, 3.8) is 0 Å². The van der Waals surface area contributed by atoms with Gasteiger partial charge in [0.05, 0.1) is 5.92 Å². The first-order valence-electron chi connectivity index (χ1n) is 11.4. The molecule has 1 N–H and O–H groups in total. The summed E-state index contributed by atoms with van der Waals surface area (Å²) in [6, 6.07) is 16.2. The summed E-state index contributed by atoms with van der Waals surface area (Å²) in [6.45, 7) is 6.15. The third-order valence-corrected chi connectivity index (χ3v) is 7.27. The van der Waals surface area contributed by atoms with E-state index >= 15 is 0 Å². The topological polar surface area (TPSA) is 44.8 Å². The highest BCUT2D eigenvalue weighted by atomic mass is 35.5. The summed E-state index contributed by atoms with van der Waals surface area (Å²) in [4.78, 5) is 18.2. The minimum absolute atomic E-state index is 0.106. The smallest absolute Gasteiger partial charge is 0.230 e. The molecule has 164 valence electrons. The van der Waals surface area contributed by atoms with Gasteiger partial charge in [0.25, 0.3) is 0 Å². The first kappa shape index (κ1) is 20.8. The number of halogens is 1. The Morgan fingerprint density at radius 3 is 2.48 bits per heavy atom. The number of nitrogens with zero attached hydrogens (tertiary/aromatic N) is 2.